The maximum atomic E-state index is 12.1. The maximum Gasteiger partial charge on any atom is 0.263 e. The molecule has 106 valence electrons. The number of nitrogens with zero attached hydrogens (tertiary/aromatic N) is 3. The highest BCUT2D eigenvalue weighted by Gasteiger charge is 2.14. The van der Waals surface area contributed by atoms with Crippen LogP contribution in [0.1, 0.15) is 5.56 Å². The number of anilines is 2. The first-order valence-corrected chi connectivity index (χ1v) is 7.47. The molecule has 0 aliphatic carbocycles. The Hall–Kier alpha value is -2.15. The van der Waals surface area contributed by atoms with Crippen LogP contribution in [0.5, 0.6) is 0 Å². The lowest BCUT2D eigenvalue weighted by Crippen LogP contribution is -2.16. The fraction of sp³-hybridized carbons (Fsp3) is 0.231. The predicted molar refractivity (Wildman–Crippen MR) is 78.3 cm³/mol. The number of hydrogen-bond donors (Lipinski definition) is 1. The molecule has 2 aromatic rings. The molecule has 0 aliphatic heterocycles. The largest absolute Gasteiger partial charge is 0.361 e. The normalized spacial score (nSPS) is 11.2. The number of sulfonamides is 1. The summed E-state index contributed by atoms with van der Waals surface area (Å²) in [6.45, 7) is 1.90. The van der Waals surface area contributed by atoms with E-state index in [0.717, 1.165) is 5.56 Å². The zero-order valence-corrected chi connectivity index (χ0v) is 12.3. The lowest BCUT2D eigenvalue weighted by atomic mass is 10.2. The van der Waals surface area contributed by atoms with Gasteiger partial charge in [-0.1, -0.05) is 17.7 Å². The summed E-state index contributed by atoms with van der Waals surface area (Å²) in [5.41, 5.74) is 0.999. The number of aryl methyl sites for hydroxylation is 1. The molecule has 0 spiro atoms. The summed E-state index contributed by atoms with van der Waals surface area (Å²) in [4.78, 5) is 1.98. The van der Waals surface area contributed by atoms with Crippen LogP contribution in [0.4, 0.5) is 11.6 Å². The second-order valence-electron chi connectivity index (χ2n) is 4.59. The van der Waals surface area contributed by atoms with E-state index in [1.165, 1.54) is 0 Å². The van der Waals surface area contributed by atoms with Gasteiger partial charge in [-0.2, -0.15) is 0 Å². The summed E-state index contributed by atoms with van der Waals surface area (Å²) in [6, 6.07) is 9.87. The third-order valence-electron chi connectivity index (χ3n) is 2.68. The van der Waals surface area contributed by atoms with Crippen LogP contribution in [-0.4, -0.2) is 32.7 Å². The molecule has 2 rings (SSSR count). The van der Waals surface area contributed by atoms with E-state index in [2.05, 4.69) is 14.9 Å². The molecule has 0 aliphatic rings. The topological polar surface area (TPSA) is 75.2 Å². The highest BCUT2D eigenvalue weighted by atomic mass is 32.2. The van der Waals surface area contributed by atoms with Gasteiger partial charge in [-0.05, 0) is 31.2 Å². The van der Waals surface area contributed by atoms with Crippen LogP contribution in [0.3, 0.4) is 0 Å². The molecule has 0 amide bonds. The van der Waals surface area contributed by atoms with E-state index in [1.807, 2.05) is 21.0 Å². The highest BCUT2D eigenvalue weighted by Crippen LogP contribution is 2.15. The molecule has 0 bridgehead atoms. The molecule has 0 fully saturated rings. The van der Waals surface area contributed by atoms with Crippen molar-refractivity contribution < 1.29 is 8.42 Å². The molecule has 1 aromatic heterocycles. The number of nitrogens with one attached hydrogen (secondary N) is 1. The van der Waals surface area contributed by atoms with Crippen molar-refractivity contribution in [2.75, 3.05) is 23.7 Å². The number of rotatable bonds is 4. The molecule has 20 heavy (non-hydrogen) atoms. The Morgan fingerprint density at radius 1 is 1.00 bits per heavy atom. The predicted octanol–water partition coefficient (Wildman–Crippen LogP) is 1.65. The molecule has 0 radical (unpaired) electrons. The minimum absolute atomic E-state index is 0.191. The van der Waals surface area contributed by atoms with Gasteiger partial charge in [0, 0.05) is 14.1 Å². The van der Waals surface area contributed by atoms with Crippen LogP contribution in [0.2, 0.25) is 0 Å². The van der Waals surface area contributed by atoms with E-state index in [9.17, 15) is 8.42 Å². The SMILES string of the molecule is Cc1ccc(S(=O)(=O)Nc2ccc(N(C)C)nn2)cc1. The Morgan fingerprint density at radius 2 is 1.65 bits per heavy atom. The average Bonchev–Trinajstić information content (AvgIpc) is 2.39. The van der Waals surface area contributed by atoms with E-state index >= 15 is 0 Å². The van der Waals surface area contributed by atoms with Crippen LogP contribution in [0.15, 0.2) is 41.3 Å². The number of hydrogen-bond acceptors (Lipinski definition) is 5. The molecule has 1 heterocycles. The quantitative estimate of drug-likeness (QED) is 0.927. The van der Waals surface area contributed by atoms with Crippen molar-refractivity contribution in [3.8, 4) is 0 Å². The van der Waals surface area contributed by atoms with Crippen LogP contribution in [0.25, 0.3) is 0 Å². The molecule has 7 heteroatoms. The standard InChI is InChI=1S/C13H16N4O2S/c1-10-4-6-11(7-5-10)20(18,19)16-12-8-9-13(15-14-12)17(2)3/h4-9H,1-3H3,(H,14,16). The lowest BCUT2D eigenvalue weighted by molar-refractivity contribution is 0.601. The van der Waals surface area contributed by atoms with Crippen molar-refractivity contribution in [2.24, 2.45) is 0 Å². The van der Waals surface area contributed by atoms with Crippen molar-refractivity contribution in [1.29, 1.82) is 0 Å². The molecule has 0 unspecified atom stereocenters. The zero-order chi connectivity index (χ0) is 14.8. The Kier molecular flexibility index (Phi) is 3.89. The summed E-state index contributed by atoms with van der Waals surface area (Å²) >= 11 is 0. The Balaban J connectivity index is 2.22. The van der Waals surface area contributed by atoms with Gasteiger partial charge in [0.1, 0.15) is 0 Å². The number of aromatic nitrogens is 2. The number of benzene rings is 1. The summed E-state index contributed by atoms with van der Waals surface area (Å²) in [5.74, 6) is 0.847. The first-order chi connectivity index (χ1) is 9.38. The van der Waals surface area contributed by atoms with E-state index in [0.29, 0.717) is 5.82 Å². The molecule has 6 nitrogen and oxygen atoms in total. The third-order valence-corrected chi connectivity index (χ3v) is 4.05. The van der Waals surface area contributed by atoms with Crippen LogP contribution in [0, 0.1) is 6.92 Å². The van der Waals surface area contributed by atoms with Gasteiger partial charge in [0.05, 0.1) is 4.90 Å². The molecule has 1 aromatic carbocycles. The van der Waals surface area contributed by atoms with E-state index in [1.54, 1.807) is 41.3 Å². The molecular formula is C13H16N4O2S. The highest BCUT2D eigenvalue weighted by molar-refractivity contribution is 7.92. The van der Waals surface area contributed by atoms with Gasteiger partial charge >= 0.3 is 0 Å². The molecule has 0 saturated carbocycles. The minimum Gasteiger partial charge on any atom is -0.361 e. The van der Waals surface area contributed by atoms with Gasteiger partial charge < -0.3 is 4.90 Å². The fourth-order valence-corrected chi connectivity index (χ4v) is 2.53. The van der Waals surface area contributed by atoms with Gasteiger partial charge in [0.25, 0.3) is 10.0 Å². The fourth-order valence-electron chi connectivity index (χ4n) is 1.53. The first-order valence-electron chi connectivity index (χ1n) is 5.99. The maximum absolute atomic E-state index is 12.1. The molecular weight excluding hydrogens is 276 g/mol. The Labute approximate surface area is 118 Å². The van der Waals surface area contributed by atoms with Gasteiger partial charge in [0.2, 0.25) is 0 Å². The first kappa shape index (κ1) is 14.3. The molecule has 0 atom stereocenters. The van der Waals surface area contributed by atoms with Gasteiger partial charge in [0.15, 0.2) is 11.6 Å². The van der Waals surface area contributed by atoms with Crippen molar-refractivity contribution in [2.45, 2.75) is 11.8 Å². The average molecular weight is 292 g/mol. The Morgan fingerprint density at radius 3 is 2.15 bits per heavy atom. The van der Waals surface area contributed by atoms with Crippen molar-refractivity contribution >= 4 is 21.7 Å². The third kappa shape index (κ3) is 3.24. The molecule has 1 N–H and O–H groups in total. The van der Waals surface area contributed by atoms with E-state index in [4.69, 9.17) is 0 Å². The lowest BCUT2D eigenvalue weighted by Gasteiger charge is -2.11. The van der Waals surface area contributed by atoms with Crippen molar-refractivity contribution in [3.05, 3.63) is 42.0 Å². The zero-order valence-electron chi connectivity index (χ0n) is 11.5. The summed E-state index contributed by atoms with van der Waals surface area (Å²) in [6.07, 6.45) is 0. The summed E-state index contributed by atoms with van der Waals surface area (Å²) < 4.78 is 26.7. The smallest absolute Gasteiger partial charge is 0.263 e. The van der Waals surface area contributed by atoms with Gasteiger partial charge in [-0.15, -0.1) is 10.2 Å². The minimum atomic E-state index is -3.63. The van der Waals surface area contributed by atoms with E-state index < -0.39 is 10.0 Å². The van der Waals surface area contributed by atoms with Gasteiger partial charge in [-0.3, -0.25) is 4.72 Å². The Bertz CT molecular complexity index is 679. The monoisotopic (exact) mass is 292 g/mol. The van der Waals surface area contributed by atoms with Crippen LogP contribution >= 0.6 is 0 Å². The van der Waals surface area contributed by atoms with Crippen LogP contribution < -0.4 is 9.62 Å². The second kappa shape index (κ2) is 5.46. The van der Waals surface area contributed by atoms with Gasteiger partial charge in [-0.25, -0.2) is 8.42 Å². The summed E-state index contributed by atoms with van der Waals surface area (Å²) in [5, 5.41) is 7.77. The summed E-state index contributed by atoms with van der Waals surface area (Å²) in [7, 11) is 0.0377. The van der Waals surface area contributed by atoms with Crippen molar-refractivity contribution in [3.63, 3.8) is 0 Å². The van der Waals surface area contributed by atoms with Crippen molar-refractivity contribution in [1.82, 2.24) is 10.2 Å². The van der Waals surface area contributed by atoms with E-state index in [-0.39, 0.29) is 10.7 Å². The van der Waals surface area contributed by atoms with Crippen LogP contribution in [-0.2, 0) is 10.0 Å². The second-order valence-corrected chi connectivity index (χ2v) is 6.27. The molecule has 0 saturated heterocycles.